The molecule has 0 radical (unpaired) electrons. The highest BCUT2D eigenvalue weighted by Gasteiger charge is 2.19. The summed E-state index contributed by atoms with van der Waals surface area (Å²) in [5, 5.41) is 0.753. The zero-order valence-electron chi connectivity index (χ0n) is 13.3. The molecule has 0 saturated carbocycles. The Labute approximate surface area is 138 Å². The molecule has 1 atom stereocenters. The van der Waals surface area contributed by atoms with Gasteiger partial charge in [0.2, 0.25) is 0 Å². The topological polar surface area (TPSA) is 0 Å². The van der Waals surface area contributed by atoms with Crippen molar-refractivity contribution < 1.29 is 0 Å². The lowest BCUT2D eigenvalue weighted by atomic mass is 9.87. The van der Waals surface area contributed by atoms with Crippen LogP contribution < -0.4 is 0 Å². The van der Waals surface area contributed by atoms with Crippen LogP contribution in [0.3, 0.4) is 0 Å². The first-order valence-electron chi connectivity index (χ1n) is 7.28. The minimum atomic E-state index is -0.0100. The Morgan fingerprint density at radius 2 is 1.19 bits per heavy atom. The minimum absolute atomic E-state index is 0.0100. The molecule has 0 aliphatic heterocycles. The molecule has 0 heterocycles. The quantitative estimate of drug-likeness (QED) is 0.573. The molecular formula is C19H22Cl2. The van der Waals surface area contributed by atoms with Crippen LogP contribution in [0.25, 0.3) is 0 Å². The Balaban J connectivity index is 2.39. The van der Waals surface area contributed by atoms with Gasteiger partial charge in [-0.05, 0) is 92.1 Å². The van der Waals surface area contributed by atoms with Gasteiger partial charge in [-0.1, -0.05) is 23.7 Å². The van der Waals surface area contributed by atoms with Gasteiger partial charge < -0.3 is 0 Å². The summed E-state index contributed by atoms with van der Waals surface area (Å²) in [6.45, 7) is 10.9. The fourth-order valence-electron chi connectivity index (χ4n) is 2.93. The third-order valence-electron chi connectivity index (χ3n) is 4.70. The Morgan fingerprint density at radius 1 is 0.762 bits per heavy atom. The highest BCUT2D eigenvalue weighted by atomic mass is 35.5. The second kappa shape index (κ2) is 6.42. The Kier molecular flexibility index (Phi) is 5.01. The lowest BCUT2D eigenvalue weighted by Gasteiger charge is -2.22. The van der Waals surface area contributed by atoms with Gasteiger partial charge in [0.15, 0.2) is 0 Å². The molecular weight excluding hydrogens is 299 g/mol. The Morgan fingerprint density at radius 3 is 1.67 bits per heavy atom. The third-order valence-corrected chi connectivity index (χ3v) is 5.32. The molecule has 0 spiro atoms. The second-order valence-corrected chi connectivity index (χ2v) is 6.80. The van der Waals surface area contributed by atoms with Crippen molar-refractivity contribution in [1.29, 1.82) is 0 Å². The number of benzene rings is 2. The first-order chi connectivity index (χ1) is 9.82. The summed E-state index contributed by atoms with van der Waals surface area (Å²) in [6, 6.07) is 7.95. The predicted octanol–water partition coefficient (Wildman–Crippen LogP) is 6.40. The number of hydrogen-bond acceptors (Lipinski definition) is 0. The molecule has 0 aromatic heterocycles. The van der Waals surface area contributed by atoms with Gasteiger partial charge in [0.1, 0.15) is 0 Å². The van der Waals surface area contributed by atoms with Crippen molar-refractivity contribution in [2.24, 2.45) is 0 Å². The van der Waals surface area contributed by atoms with Crippen molar-refractivity contribution in [3.05, 3.63) is 68.2 Å². The Hall–Kier alpha value is -0.980. The van der Waals surface area contributed by atoms with Gasteiger partial charge in [-0.2, -0.15) is 0 Å². The van der Waals surface area contributed by atoms with Crippen molar-refractivity contribution in [1.82, 2.24) is 0 Å². The number of hydrogen-bond donors (Lipinski definition) is 0. The molecule has 2 heteroatoms. The van der Waals surface area contributed by atoms with E-state index in [0.717, 1.165) is 11.4 Å². The van der Waals surface area contributed by atoms with E-state index in [1.165, 1.54) is 38.9 Å². The van der Waals surface area contributed by atoms with Crippen LogP contribution in [0, 0.1) is 34.6 Å². The molecule has 21 heavy (non-hydrogen) atoms. The van der Waals surface area contributed by atoms with E-state index in [4.69, 9.17) is 23.2 Å². The second-order valence-electron chi connectivity index (χ2n) is 5.84. The van der Waals surface area contributed by atoms with Crippen LogP contribution in [0.2, 0.25) is 5.02 Å². The number of alkyl halides is 1. The molecule has 0 nitrogen and oxygen atoms in total. The molecule has 2 rings (SSSR count). The van der Waals surface area contributed by atoms with E-state index in [9.17, 15) is 0 Å². The van der Waals surface area contributed by atoms with Crippen LogP contribution >= 0.6 is 23.2 Å². The van der Waals surface area contributed by atoms with E-state index in [1.807, 2.05) is 12.1 Å². The van der Waals surface area contributed by atoms with Gasteiger partial charge in [-0.25, -0.2) is 0 Å². The van der Waals surface area contributed by atoms with Gasteiger partial charge in [-0.15, -0.1) is 11.6 Å². The van der Waals surface area contributed by atoms with Crippen molar-refractivity contribution in [3.63, 3.8) is 0 Å². The fourth-order valence-corrected chi connectivity index (χ4v) is 3.56. The van der Waals surface area contributed by atoms with Crippen LogP contribution in [0.5, 0.6) is 0 Å². The van der Waals surface area contributed by atoms with Gasteiger partial charge in [-0.3, -0.25) is 0 Å². The molecule has 0 saturated heterocycles. The first-order valence-corrected chi connectivity index (χ1v) is 8.09. The van der Waals surface area contributed by atoms with Crippen molar-refractivity contribution in [2.75, 3.05) is 0 Å². The molecule has 0 N–H and O–H groups in total. The van der Waals surface area contributed by atoms with Crippen LogP contribution in [0.15, 0.2) is 24.3 Å². The zero-order valence-corrected chi connectivity index (χ0v) is 14.9. The number of halogens is 2. The molecule has 112 valence electrons. The first kappa shape index (κ1) is 16.4. The number of rotatable bonds is 3. The summed E-state index contributed by atoms with van der Waals surface area (Å²) < 4.78 is 0. The highest BCUT2D eigenvalue weighted by molar-refractivity contribution is 6.30. The van der Waals surface area contributed by atoms with Gasteiger partial charge in [0.05, 0.1) is 5.38 Å². The molecule has 2 aromatic rings. The summed E-state index contributed by atoms with van der Waals surface area (Å²) in [6.07, 6.45) is 0.822. The van der Waals surface area contributed by atoms with E-state index < -0.39 is 0 Å². The minimum Gasteiger partial charge on any atom is -0.117 e. The van der Waals surface area contributed by atoms with E-state index >= 15 is 0 Å². The maximum atomic E-state index is 6.75. The summed E-state index contributed by atoms with van der Waals surface area (Å²) in [5.74, 6) is 0. The lowest BCUT2D eigenvalue weighted by Crippen LogP contribution is -2.07. The summed E-state index contributed by atoms with van der Waals surface area (Å²) >= 11 is 12.7. The molecule has 0 fully saturated rings. The maximum absolute atomic E-state index is 6.75. The molecule has 2 aromatic carbocycles. The normalized spacial score (nSPS) is 12.5. The van der Waals surface area contributed by atoms with E-state index in [0.29, 0.717) is 0 Å². The van der Waals surface area contributed by atoms with Crippen LogP contribution in [0.1, 0.15) is 44.3 Å². The van der Waals surface area contributed by atoms with Crippen molar-refractivity contribution in [3.8, 4) is 0 Å². The zero-order chi connectivity index (χ0) is 15.7. The monoisotopic (exact) mass is 320 g/mol. The van der Waals surface area contributed by atoms with Gasteiger partial charge in [0, 0.05) is 5.02 Å². The standard InChI is InChI=1S/C19H22Cl2/c1-11-12(2)14(4)19(15(5)13(11)3)18(21)10-16-6-8-17(20)9-7-16/h6-9,18H,10H2,1-5H3. The van der Waals surface area contributed by atoms with Gasteiger partial charge >= 0.3 is 0 Å². The van der Waals surface area contributed by atoms with Crippen LogP contribution in [0.4, 0.5) is 0 Å². The molecule has 0 amide bonds. The molecule has 1 unspecified atom stereocenters. The largest absolute Gasteiger partial charge is 0.117 e. The fraction of sp³-hybridized carbons (Fsp3) is 0.368. The summed E-state index contributed by atoms with van der Waals surface area (Å²) in [7, 11) is 0. The highest BCUT2D eigenvalue weighted by Crippen LogP contribution is 2.35. The summed E-state index contributed by atoms with van der Waals surface area (Å²) in [4.78, 5) is 0. The Bertz CT molecular complexity index is 625. The van der Waals surface area contributed by atoms with Crippen LogP contribution in [-0.2, 0) is 6.42 Å². The van der Waals surface area contributed by atoms with Crippen LogP contribution in [-0.4, -0.2) is 0 Å². The molecule has 0 bridgehead atoms. The maximum Gasteiger partial charge on any atom is 0.0630 e. The summed E-state index contributed by atoms with van der Waals surface area (Å²) in [5.41, 5.74) is 9.24. The third kappa shape index (κ3) is 3.27. The average molecular weight is 321 g/mol. The SMILES string of the molecule is Cc1c(C)c(C)c(C(Cl)Cc2ccc(Cl)cc2)c(C)c1C. The molecule has 0 aliphatic carbocycles. The van der Waals surface area contributed by atoms with Gasteiger partial charge in [0.25, 0.3) is 0 Å². The predicted molar refractivity (Wildman–Crippen MR) is 93.9 cm³/mol. The lowest BCUT2D eigenvalue weighted by molar-refractivity contribution is 0.889. The smallest absolute Gasteiger partial charge is 0.0630 e. The van der Waals surface area contributed by atoms with E-state index in [-0.39, 0.29) is 5.38 Å². The van der Waals surface area contributed by atoms with Crippen molar-refractivity contribution in [2.45, 2.75) is 46.4 Å². The van der Waals surface area contributed by atoms with E-state index in [1.54, 1.807) is 0 Å². The van der Waals surface area contributed by atoms with Crippen molar-refractivity contribution >= 4 is 23.2 Å². The molecule has 0 aliphatic rings. The van der Waals surface area contributed by atoms with E-state index in [2.05, 4.69) is 46.8 Å². The average Bonchev–Trinajstić information content (AvgIpc) is 2.46.